The summed E-state index contributed by atoms with van der Waals surface area (Å²) in [5, 5.41) is 7.24. The van der Waals surface area contributed by atoms with Crippen molar-refractivity contribution in [3.8, 4) is 22.8 Å². The maximum atomic E-state index is 12.6. The average Bonchev–Trinajstić information content (AvgIpc) is 2.91. The van der Waals surface area contributed by atoms with Crippen molar-refractivity contribution in [3.63, 3.8) is 0 Å². The van der Waals surface area contributed by atoms with E-state index in [0.29, 0.717) is 53.2 Å². The van der Waals surface area contributed by atoms with Crippen LogP contribution in [0.3, 0.4) is 0 Å². The molecule has 208 valence electrons. The fraction of sp³-hybridized carbons (Fsp3) is 0.407. The van der Waals surface area contributed by atoms with Crippen LogP contribution in [0.4, 0.5) is 22.1 Å². The molecule has 3 aromatic rings. The first-order valence-corrected chi connectivity index (χ1v) is 13.2. The van der Waals surface area contributed by atoms with Crippen molar-refractivity contribution in [1.82, 2.24) is 19.9 Å². The number of ether oxygens (including phenoxy) is 3. The van der Waals surface area contributed by atoms with Gasteiger partial charge in [-0.2, -0.15) is 0 Å². The van der Waals surface area contributed by atoms with E-state index in [1.54, 1.807) is 17.2 Å². The van der Waals surface area contributed by atoms with Crippen LogP contribution in [-0.2, 0) is 4.74 Å². The van der Waals surface area contributed by atoms with E-state index in [-0.39, 0.29) is 22.2 Å². The average molecular weight is 575 g/mol. The number of likely N-dealkylation sites (tertiary alicyclic amines) is 1. The lowest BCUT2D eigenvalue weighted by Gasteiger charge is -2.34. The van der Waals surface area contributed by atoms with E-state index in [0.717, 1.165) is 12.8 Å². The number of carbonyl (C=O) groups excluding carboxylic acids is 1. The fourth-order valence-electron chi connectivity index (χ4n) is 4.21. The molecule has 10 nitrogen and oxygen atoms in total. The van der Waals surface area contributed by atoms with Gasteiger partial charge in [0.05, 0.1) is 25.6 Å². The van der Waals surface area contributed by atoms with Gasteiger partial charge in [0.2, 0.25) is 0 Å². The summed E-state index contributed by atoms with van der Waals surface area (Å²) in [6, 6.07) is 7.16. The van der Waals surface area contributed by atoms with Crippen LogP contribution in [0.2, 0.25) is 10.0 Å². The minimum absolute atomic E-state index is 0.0161. The third kappa shape index (κ3) is 6.93. The van der Waals surface area contributed by atoms with Gasteiger partial charge in [0.1, 0.15) is 45.1 Å². The molecular formula is C27H32Cl2N6O4. The molecule has 2 aromatic heterocycles. The SMILES string of the molecule is COc1cc(OC)c(Cl)c(Nc2ncccc2-c2cc(NC3CCCN(C(=O)OC(C)(C)C)C3)ncn2)c1Cl. The zero-order chi connectivity index (χ0) is 28.2. The Morgan fingerprint density at radius 1 is 1.08 bits per heavy atom. The van der Waals surface area contributed by atoms with Crippen molar-refractivity contribution >= 4 is 46.6 Å². The second-order valence-electron chi connectivity index (χ2n) is 10.0. The molecule has 0 radical (unpaired) electrons. The highest BCUT2D eigenvalue weighted by Crippen LogP contribution is 2.45. The number of hydrogen-bond donors (Lipinski definition) is 2. The number of halogens is 2. The molecule has 1 aromatic carbocycles. The lowest BCUT2D eigenvalue weighted by Crippen LogP contribution is -2.47. The Morgan fingerprint density at radius 2 is 1.79 bits per heavy atom. The second kappa shape index (κ2) is 12.1. The monoisotopic (exact) mass is 574 g/mol. The Bertz CT molecular complexity index is 1310. The van der Waals surface area contributed by atoms with Crippen LogP contribution >= 0.6 is 23.2 Å². The molecule has 1 unspecified atom stereocenters. The summed E-state index contributed by atoms with van der Waals surface area (Å²) in [6.07, 6.45) is 4.58. The number of nitrogens with one attached hydrogen (secondary N) is 2. The minimum atomic E-state index is -0.543. The Morgan fingerprint density at radius 3 is 2.46 bits per heavy atom. The number of aromatic nitrogens is 3. The van der Waals surface area contributed by atoms with Crippen LogP contribution in [0.15, 0.2) is 36.8 Å². The lowest BCUT2D eigenvalue weighted by molar-refractivity contribution is 0.0206. The molecule has 0 spiro atoms. The van der Waals surface area contributed by atoms with Crippen LogP contribution in [0.1, 0.15) is 33.6 Å². The van der Waals surface area contributed by atoms with Gasteiger partial charge in [0.15, 0.2) is 0 Å². The van der Waals surface area contributed by atoms with Crippen molar-refractivity contribution in [3.05, 3.63) is 46.8 Å². The zero-order valence-corrected chi connectivity index (χ0v) is 24.1. The summed E-state index contributed by atoms with van der Waals surface area (Å²) in [5.74, 6) is 1.92. The number of anilines is 3. The summed E-state index contributed by atoms with van der Waals surface area (Å²) >= 11 is 13.1. The zero-order valence-electron chi connectivity index (χ0n) is 22.5. The molecule has 0 aliphatic carbocycles. The first-order valence-electron chi connectivity index (χ1n) is 12.5. The summed E-state index contributed by atoms with van der Waals surface area (Å²) in [7, 11) is 3.03. The predicted molar refractivity (Wildman–Crippen MR) is 153 cm³/mol. The smallest absolute Gasteiger partial charge is 0.410 e. The summed E-state index contributed by atoms with van der Waals surface area (Å²) < 4.78 is 16.3. The molecule has 2 N–H and O–H groups in total. The van der Waals surface area contributed by atoms with Crippen molar-refractivity contribution in [2.24, 2.45) is 0 Å². The Kier molecular flexibility index (Phi) is 8.87. The van der Waals surface area contributed by atoms with Crippen molar-refractivity contribution in [1.29, 1.82) is 0 Å². The highest BCUT2D eigenvalue weighted by atomic mass is 35.5. The maximum Gasteiger partial charge on any atom is 0.410 e. The summed E-state index contributed by atoms with van der Waals surface area (Å²) in [6.45, 7) is 6.76. The molecule has 12 heteroatoms. The van der Waals surface area contributed by atoms with Gasteiger partial charge in [-0.25, -0.2) is 19.7 Å². The van der Waals surface area contributed by atoms with Gasteiger partial charge in [-0.15, -0.1) is 0 Å². The first-order chi connectivity index (χ1) is 18.6. The molecule has 4 rings (SSSR count). The van der Waals surface area contributed by atoms with Gasteiger partial charge >= 0.3 is 6.09 Å². The minimum Gasteiger partial charge on any atom is -0.495 e. The maximum absolute atomic E-state index is 12.6. The van der Waals surface area contributed by atoms with Crippen LogP contribution in [-0.4, -0.2) is 64.9 Å². The van der Waals surface area contributed by atoms with Crippen LogP contribution in [0.5, 0.6) is 11.5 Å². The number of amides is 1. The molecule has 0 saturated carbocycles. The van der Waals surface area contributed by atoms with Gasteiger partial charge in [0.25, 0.3) is 0 Å². The fourth-order valence-corrected chi connectivity index (χ4v) is 4.80. The Labute approximate surface area is 238 Å². The Balaban J connectivity index is 1.56. The van der Waals surface area contributed by atoms with E-state index >= 15 is 0 Å². The third-order valence-electron chi connectivity index (χ3n) is 5.99. The summed E-state index contributed by atoms with van der Waals surface area (Å²) in [4.78, 5) is 27.7. The second-order valence-corrected chi connectivity index (χ2v) is 10.8. The number of carbonyl (C=O) groups is 1. The normalized spacial score (nSPS) is 15.5. The largest absolute Gasteiger partial charge is 0.495 e. The number of hydrogen-bond acceptors (Lipinski definition) is 9. The molecule has 1 atom stereocenters. The van der Waals surface area contributed by atoms with Gasteiger partial charge in [0, 0.05) is 43.0 Å². The van der Waals surface area contributed by atoms with E-state index < -0.39 is 5.60 Å². The van der Waals surface area contributed by atoms with Crippen molar-refractivity contribution in [2.45, 2.75) is 45.3 Å². The lowest BCUT2D eigenvalue weighted by atomic mass is 10.1. The highest BCUT2D eigenvalue weighted by molar-refractivity contribution is 6.41. The van der Waals surface area contributed by atoms with Gasteiger partial charge in [-0.3, -0.25) is 0 Å². The van der Waals surface area contributed by atoms with Gasteiger partial charge in [-0.05, 0) is 45.7 Å². The molecule has 39 heavy (non-hydrogen) atoms. The topological polar surface area (TPSA) is 111 Å². The Hall–Kier alpha value is -3.50. The first kappa shape index (κ1) is 28.5. The highest BCUT2D eigenvalue weighted by Gasteiger charge is 2.28. The molecular weight excluding hydrogens is 543 g/mol. The molecule has 1 aliphatic rings. The molecule has 1 amide bonds. The predicted octanol–water partition coefficient (Wildman–Crippen LogP) is 6.42. The van der Waals surface area contributed by atoms with E-state index in [4.69, 9.17) is 37.4 Å². The summed E-state index contributed by atoms with van der Waals surface area (Å²) in [5.41, 5.74) is 1.19. The molecule has 1 fully saturated rings. The van der Waals surface area contributed by atoms with E-state index in [1.807, 2.05) is 39.0 Å². The van der Waals surface area contributed by atoms with E-state index in [9.17, 15) is 4.79 Å². The molecule has 0 bridgehead atoms. The number of rotatable bonds is 7. The number of benzene rings is 1. The van der Waals surface area contributed by atoms with Crippen LogP contribution in [0, 0.1) is 0 Å². The molecule has 3 heterocycles. The standard InChI is InChI=1S/C27H32Cl2N6O4/c1-27(2,3)39-26(36)35-11-7-8-16(14-35)33-21-12-18(31-15-32-21)17-9-6-10-30-25(17)34-24-22(28)19(37-4)13-20(38-5)23(24)29/h6,9-10,12-13,15-16H,7-8,11,14H2,1-5H3,(H,30,34)(H,31,32,33). The van der Waals surface area contributed by atoms with Crippen molar-refractivity contribution < 1.29 is 19.0 Å². The van der Waals surface area contributed by atoms with Crippen molar-refractivity contribution in [2.75, 3.05) is 37.9 Å². The van der Waals surface area contributed by atoms with Gasteiger partial charge < -0.3 is 29.7 Å². The van der Waals surface area contributed by atoms with E-state index in [2.05, 4.69) is 25.6 Å². The van der Waals surface area contributed by atoms with E-state index in [1.165, 1.54) is 20.5 Å². The van der Waals surface area contributed by atoms with Crippen LogP contribution in [0.25, 0.3) is 11.3 Å². The van der Waals surface area contributed by atoms with Gasteiger partial charge in [-0.1, -0.05) is 23.2 Å². The van der Waals surface area contributed by atoms with Crippen LogP contribution < -0.4 is 20.1 Å². The quantitative estimate of drug-likeness (QED) is 0.330. The number of piperidine rings is 1. The molecule has 1 aliphatic heterocycles. The number of pyridine rings is 1. The number of methoxy groups -OCH3 is 2. The molecule has 1 saturated heterocycles. The third-order valence-corrected chi connectivity index (χ3v) is 6.74. The number of nitrogens with zero attached hydrogens (tertiary/aromatic N) is 4.